The number of nitrogens with two attached hydrogens (primary N) is 1. The molecule has 1 amide bonds. The maximum atomic E-state index is 12.0. The van der Waals surface area contributed by atoms with Crippen LogP contribution in [0.5, 0.6) is 0 Å². The van der Waals surface area contributed by atoms with Gasteiger partial charge in [-0.2, -0.15) is 0 Å². The van der Waals surface area contributed by atoms with Gasteiger partial charge in [-0.25, -0.2) is 4.79 Å². The van der Waals surface area contributed by atoms with Crippen molar-refractivity contribution in [2.24, 2.45) is 11.7 Å². The van der Waals surface area contributed by atoms with Crippen molar-refractivity contribution in [2.75, 3.05) is 0 Å². The van der Waals surface area contributed by atoms with Crippen LogP contribution in [-0.4, -0.2) is 40.3 Å². The third-order valence-electron chi connectivity index (χ3n) is 3.59. The molecule has 2 unspecified atom stereocenters. The summed E-state index contributed by atoms with van der Waals surface area (Å²) in [6.45, 7) is 5.69. The Balaban J connectivity index is 2.63. The Morgan fingerprint density at radius 3 is 2.26 bits per heavy atom. The highest BCUT2D eigenvalue weighted by Crippen LogP contribution is 2.09. The quantitative estimate of drug-likeness (QED) is 0.566. The molecular weight excluding hydrogens is 296 g/mol. The number of nitrogens with one attached hydrogen (secondary N) is 1. The van der Waals surface area contributed by atoms with Crippen LogP contribution in [0.15, 0.2) is 24.3 Å². The number of carbonyl (C=O) groups is 2. The second-order valence-corrected chi connectivity index (χ2v) is 6.33. The van der Waals surface area contributed by atoms with Crippen LogP contribution in [0, 0.1) is 12.8 Å². The summed E-state index contributed by atoms with van der Waals surface area (Å²) in [6, 6.07) is 5.81. The highest BCUT2D eigenvalue weighted by atomic mass is 16.4. The average Bonchev–Trinajstić information content (AvgIpc) is 2.47. The number of carboxylic acid groups (broad SMARTS) is 1. The zero-order valence-electron chi connectivity index (χ0n) is 13.8. The van der Waals surface area contributed by atoms with Crippen LogP contribution in [0.3, 0.4) is 0 Å². The van der Waals surface area contributed by atoms with Gasteiger partial charge in [0.05, 0.1) is 0 Å². The molecule has 0 spiro atoms. The molecular formula is C17H26N2O4. The molecule has 1 aromatic carbocycles. The first-order chi connectivity index (χ1) is 10.7. The minimum atomic E-state index is -1.45. The van der Waals surface area contributed by atoms with Crippen molar-refractivity contribution in [3.8, 4) is 0 Å². The summed E-state index contributed by atoms with van der Waals surface area (Å²) in [7, 11) is 0. The van der Waals surface area contributed by atoms with Crippen molar-refractivity contribution in [3.05, 3.63) is 35.4 Å². The smallest absolute Gasteiger partial charge is 0.326 e. The number of carbonyl (C=O) groups excluding carboxylic acids is 1. The van der Waals surface area contributed by atoms with Gasteiger partial charge < -0.3 is 21.3 Å². The summed E-state index contributed by atoms with van der Waals surface area (Å²) in [5.41, 5.74) is 7.90. The number of hydrogen-bond donors (Lipinski definition) is 4. The van der Waals surface area contributed by atoms with Gasteiger partial charge in [0.2, 0.25) is 0 Å². The van der Waals surface area contributed by atoms with E-state index >= 15 is 0 Å². The largest absolute Gasteiger partial charge is 0.480 e. The molecule has 6 heteroatoms. The monoisotopic (exact) mass is 322 g/mol. The number of carboxylic acids is 1. The average molecular weight is 322 g/mol. The van der Waals surface area contributed by atoms with Gasteiger partial charge in [0.15, 0.2) is 0 Å². The standard InChI is InChI=1S/C17H26N2O4/c1-10(2)8-14(17(22)23)19-16(21)15(20)13(18)9-12-6-4-11(3)5-7-12/h4-7,10,13-15,20H,8-9,18H2,1-3H3,(H,19,21)(H,22,23)/t13?,14-,15?/m0/s1. The third-order valence-corrected chi connectivity index (χ3v) is 3.59. The predicted octanol–water partition coefficient (Wildman–Crippen LogP) is 0.841. The van der Waals surface area contributed by atoms with Gasteiger partial charge in [-0.15, -0.1) is 0 Å². The number of amides is 1. The first-order valence-electron chi connectivity index (χ1n) is 7.73. The molecule has 0 saturated heterocycles. The van der Waals surface area contributed by atoms with E-state index in [1.165, 1.54) is 0 Å². The van der Waals surface area contributed by atoms with E-state index in [2.05, 4.69) is 5.32 Å². The van der Waals surface area contributed by atoms with Crippen molar-refractivity contribution >= 4 is 11.9 Å². The van der Waals surface area contributed by atoms with Crippen molar-refractivity contribution in [3.63, 3.8) is 0 Å². The molecule has 0 radical (unpaired) electrons. The van der Waals surface area contributed by atoms with Crippen molar-refractivity contribution < 1.29 is 19.8 Å². The minimum Gasteiger partial charge on any atom is -0.480 e. The predicted molar refractivity (Wildman–Crippen MR) is 87.9 cm³/mol. The van der Waals surface area contributed by atoms with Gasteiger partial charge in [0, 0.05) is 6.04 Å². The molecule has 0 aliphatic rings. The van der Waals surface area contributed by atoms with Gasteiger partial charge >= 0.3 is 5.97 Å². The molecule has 128 valence electrons. The van der Waals surface area contributed by atoms with Gasteiger partial charge in [-0.05, 0) is 31.2 Å². The first kappa shape index (κ1) is 19.1. The minimum absolute atomic E-state index is 0.106. The Kier molecular flexibility index (Phi) is 7.19. The summed E-state index contributed by atoms with van der Waals surface area (Å²) >= 11 is 0. The van der Waals surface area contributed by atoms with Gasteiger partial charge in [0.25, 0.3) is 5.91 Å². The molecule has 0 aliphatic heterocycles. The Morgan fingerprint density at radius 1 is 1.22 bits per heavy atom. The van der Waals surface area contributed by atoms with Crippen molar-refractivity contribution in [1.29, 1.82) is 0 Å². The number of aliphatic hydroxyl groups is 1. The molecule has 0 aromatic heterocycles. The summed E-state index contributed by atoms with van der Waals surface area (Å²) in [4.78, 5) is 23.2. The Labute approximate surface area is 136 Å². The fourth-order valence-electron chi connectivity index (χ4n) is 2.25. The number of aliphatic carboxylic acids is 1. The molecule has 6 nitrogen and oxygen atoms in total. The zero-order valence-corrected chi connectivity index (χ0v) is 13.8. The molecule has 5 N–H and O–H groups in total. The third kappa shape index (κ3) is 6.38. The van der Waals surface area contributed by atoms with E-state index in [1.54, 1.807) is 0 Å². The van der Waals surface area contributed by atoms with E-state index in [9.17, 15) is 14.7 Å². The van der Waals surface area contributed by atoms with Crippen molar-refractivity contribution in [2.45, 2.75) is 51.8 Å². The first-order valence-corrected chi connectivity index (χ1v) is 7.73. The van der Waals surface area contributed by atoms with E-state index in [4.69, 9.17) is 10.8 Å². The molecule has 23 heavy (non-hydrogen) atoms. The summed E-state index contributed by atoms with van der Waals surface area (Å²) in [5, 5.41) is 21.5. The van der Waals surface area contributed by atoms with Crippen LogP contribution < -0.4 is 11.1 Å². The molecule has 1 aromatic rings. The number of aryl methyl sites for hydroxylation is 1. The summed E-state index contributed by atoms with van der Waals surface area (Å²) in [6.07, 6.45) is -0.831. The highest BCUT2D eigenvalue weighted by Gasteiger charge is 2.28. The van der Waals surface area contributed by atoms with Gasteiger partial charge in [-0.1, -0.05) is 43.7 Å². The number of aliphatic hydroxyl groups excluding tert-OH is 1. The Hall–Kier alpha value is -1.92. The molecule has 0 bridgehead atoms. The van der Waals surface area contributed by atoms with Gasteiger partial charge in [0.1, 0.15) is 12.1 Å². The molecule has 0 saturated carbocycles. The van der Waals surface area contributed by atoms with Crippen LogP contribution >= 0.6 is 0 Å². The zero-order chi connectivity index (χ0) is 17.6. The highest BCUT2D eigenvalue weighted by molar-refractivity contribution is 5.86. The SMILES string of the molecule is Cc1ccc(CC(N)C(O)C(=O)N[C@@H](CC(C)C)C(=O)O)cc1. The topological polar surface area (TPSA) is 113 Å². The van der Waals surface area contributed by atoms with E-state index in [-0.39, 0.29) is 5.92 Å². The summed E-state index contributed by atoms with van der Waals surface area (Å²) < 4.78 is 0. The van der Waals surface area contributed by atoms with Crippen LogP contribution in [0.4, 0.5) is 0 Å². The number of rotatable bonds is 8. The van der Waals surface area contributed by atoms with Crippen LogP contribution in [0.1, 0.15) is 31.4 Å². The maximum Gasteiger partial charge on any atom is 0.326 e. The second-order valence-electron chi connectivity index (χ2n) is 6.33. The van der Waals surface area contributed by atoms with E-state index < -0.39 is 30.1 Å². The lowest BCUT2D eigenvalue weighted by Crippen LogP contribution is -2.52. The Bertz CT molecular complexity index is 528. The lowest BCUT2D eigenvalue weighted by atomic mass is 9.99. The number of hydrogen-bond acceptors (Lipinski definition) is 4. The van der Waals surface area contributed by atoms with E-state index in [0.717, 1.165) is 11.1 Å². The second kappa shape index (κ2) is 8.64. The van der Waals surface area contributed by atoms with E-state index in [0.29, 0.717) is 12.8 Å². The molecule has 0 fully saturated rings. The Morgan fingerprint density at radius 2 is 1.78 bits per heavy atom. The van der Waals surface area contributed by atoms with Crippen LogP contribution in [0.25, 0.3) is 0 Å². The molecule has 1 rings (SSSR count). The molecule has 3 atom stereocenters. The number of benzene rings is 1. The lowest BCUT2D eigenvalue weighted by molar-refractivity contribution is -0.144. The van der Waals surface area contributed by atoms with Gasteiger partial charge in [-0.3, -0.25) is 4.79 Å². The molecule has 0 aliphatic carbocycles. The van der Waals surface area contributed by atoms with Crippen LogP contribution in [-0.2, 0) is 16.0 Å². The fraction of sp³-hybridized carbons (Fsp3) is 0.529. The maximum absolute atomic E-state index is 12.0. The normalized spacial score (nSPS) is 15.0. The van der Waals surface area contributed by atoms with Crippen LogP contribution in [0.2, 0.25) is 0 Å². The van der Waals surface area contributed by atoms with E-state index in [1.807, 2.05) is 45.0 Å². The fourth-order valence-corrected chi connectivity index (χ4v) is 2.25. The van der Waals surface area contributed by atoms with Crippen molar-refractivity contribution in [1.82, 2.24) is 5.32 Å². The summed E-state index contributed by atoms with van der Waals surface area (Å²) in [5.74, 6) is -1.77. The lowest BCUT2D eigenvalue weighted by Gasteiger charge is -2.22. The molecule has 0 heterocycles.